The zero-order valence-electron chi connectivity index (χ0n) is 14.6. The second-order valence-corrected chi connectivity index (χ2v) is 6.29. The van der Waals surface area contributed by atoms with Crippen LogP contribution in [0.25, 0.3) is 11.3 Å². The first kappa shape index (κ1) is 18.9. The lowest BCUT2D eigenvalue weighted by atomic mass is 10.1. The van der Waals surface area contributed by atoms with Crippen LogP contribution in [0.5, 0.6) is 0 Å². The van der Waals surface area contributed by atoms with Gasteiger partial charge in [0, 0.05) is 30.6 Å². The molecular formula is C19H18F3N3O2. The molecule has 1 atom stereocenters. The minimum absolute atomic E-state index is 0.00952. The number of carbonyl (C=O) groups is 2. The van der Waals surface area contributed by atoms with Gasteiger partial charge in [-0.2, -0.15) is 13.2 Å². The van der Waals surface area contributed by atoms with E-state index >= 15 is 0 Å². The molecule has 1 aromatic heterocycles. The molecule has 2 amide bonds. The van der Waals surface area contributed by atoms with Crippen molar-refractivity contribution in [3.63, 3.8) is 0 Å². The summed E-state index contributed by atoms with van der Waals surface area (Å²) in [6.45, 7) is 2.91. The summed E-state index contributed by atoms with van der Waals surface area (Å²) in [5, 5.41) is 2.80. The number of nitrogens with one attached hydrogen (secondary N) is 1. The van der Waals surface area contributed by atoms with Crippen molar-refractivity contribution >= 4 is 11.8 Å². The van der Waals surface area contributed by atoms with Crippen molar-refractivity contribution in [2.75, 3.05) is 13.1 Å². The standard InChI is InChI=1S/C19H18F3N3O2/c1-2-25-11-14(10-17(25)26)23-18(27)13-6-3-5-12(9-13)15-7-4-8-16(24-15)19(20,21)22/h3-9,14H,2,10-11H2,1H3,(H,23,27)/t14-/m0/s1. The fraction of sp³-hybridized carbons (Fsp3) is 0.316. The predicted octanol–water partition coefficient (Wildman–Crippen LogP) is 3.12. The van der Waals surface area contributed by atoms with E-state index in [-0.39, 0.29) is 30.0 Å². The van der Waals surface area contributed by atoms with Crippen LogP contribution in [-0.2, 0) is 11.0 Å². The van der Waals surface area contributed by atoms with Crippen molar-refractivity contribution in [1.29, 1.82) is 0 Å². The van der Waals surface area contributed by atoms with Gasteiger partial charge in [0.25, 0.3) is 5.91 Å². The Bertz CT molecular complexity index is 867. The SMILES string of the molecule is CCN1C[C@@H](NC(=O)c2cccc(-c3cccc(C(F)(F)F)n3)c2)CC1=O. The molecule has 27 heavy (non-hydrogen) atoms. The van der Waals surface area contributed by atoms with Crippen LogP contribution in [0.3, 0.4) is 0 Å². The maximum absolute atomic E-state index is 12.9. The van der Waals surface area contributed by atoms with Crippen molar-refractivity contribution < 1.29 is 22.8 Å². The van der Waals surface area contributed by atoms with E-state index in [4.69, 9.17) is 0 Å². The third kappa shape index (κ3) is 4.27. The Morgan fingerprint density at radius 2 is 2.00 bits per heavy atom. The molecular weight excluding hydrogens is 359 g/mol. The third-order valence-electron chi connectivity index (χ3n) is 4.39. The summed E-state index contributed by atoms with van der Waals surface area (Å²) in [6, 6.07) is 9.60. The summed E-state index contributed by atoms with van der Waals surface area (Å²) >= 11 is 0. The fourth-order valence-electron chi connectivity index (χ4n) is 3.02. The highest BCUT2D eigenvalue weighted by Gasteiger charge is 2.32. The van der Waals surface area contributed by atoms with Crippen molar-refractivity contribution in [3.05, 3.63) is 53.7 Å². The van der Waals surface area contributed by atoms with Gasteiger partial charge in [-0.15, -0.1) is 0 Å². The zero-order chi connectivity index (χ0) is 19.6. The van der Waals surface area contributed by atoms with Crippen LogP contribution in [0, 0.1) is 0 Å². The fourth-order valence-corrected chi connectivity index (χ4v) is 3.02. The molecule has 1 fully saturated rings. The molecule has 0 unspecified atom stereocenters. The molecule has 2 heterocycles. The van der Waals surface area contributed by atoms with Crippen LogP contribution in [0.2, 0.25) is 0 Å². The van der Waals surface area contributed by atoms with Gasteiger partial charge >= 0.3 is 6.18 Å². The van der Waals surface area contributed by atoms with E-state index in [9.17, 15) is 22.8 Å². The number of alkyl halides is 3. The van der Waals surface area contributed by atoms with Crippen LogP contribution in [0.4, 0.5) is 13.2 Å². The predicted molar refractivity (Wildman–Crippen MR) is 92.8 cm³/mol. The average Bonchev–Trinajstić information content (AvgIpc) is 3.00. The number of hydrogen-bond donors (Lipinski definition) is 1. The van der Waals surface area contributed by atoms with Crippen molar-refractivity contribution in [3.8, 4) is 11.3 Å². The van der Waals surface area contributed by atoms with E-state index in [1.165, 1.54) is 18.2 Å². The van der Waals surface area contributed by atoms with Crippen LogP contribution >= 0.6 is 0 Å². The number of halogens is 3. The molecule has 0 aliphatic carbocycles. The summed E-state index contributed by atoms with van der Waals surface area (Å²) in [6.07, 6.45) is -4.29. The van der Waals surface area contributed by atoms with E-state index in [0.29, 0.717) is 24.2 Å². The minimum Gasteiger partial charge on any atom is -0.347 e. The summed E-state index contributed by atoms with van der Waals surface area (Å²) in [5.41, 5.74) is -0.146. The third-order valence-corrected chi connectivity index (χ3v) is 4.39. The Hall–Kier alpha value is -2.90. The van der Waals surface area contributed by atoms with Gasteiger partial charge in [0.05, 0.1) is 11.7 Å². The highest BCUT2D eigenvalue weighted by atomic mass is 19.4. The molecule has 0 radical (unpaired) electrons. The van der Waals surface area contributed by atoms with Crippen LogP contribution in [0.15, 0.2) is 42.5 Å². The van der Waals surface area contributed by atoms with Crippen LogP contribution in [-0.4, -0.2) is 40.8 Å². The van der Waals surface area contributed by atoms with E-state index < -0.39 is 11.9 Å². The monoisotopic (exact) mass is 377 g/mol. The Kier molecular flexibility index (Phi) is 5.16. The molecule has 142 valence electrons. The van der Waals surface area contributed by atoms with Gasteiger partial charge in [0.2, 0.25) is 5.91 Å². The average molecular weight is 377 g/mol. The van der Waals surface area contributed by atoms with Gasteiger partial charge < -0.3 is 10.2 Å². The first-order valence-electron chi connectivity index (χ1n) is 8.51. The number of benzene rings is 1. The number of nitrogens with zero attached hydrogens (tertiary/aromatic N) is 2. The minimum atomic E-state index is -4.54. The van der Waals surface area contributed by atoms with Gasteiger partial charge in [-0.3, -0.25) is 9.59 Å². The first-order valence-corrected chi connectivity index (χ1v) is 8.51. The molecule has 8 heteroatoms. The van der Waals surface area contributed by atoms with Gasteiger partial charge in [0.1, 0.15) is 5.69 Å². The number of carbonyl (C=O) groups excluding carboxylic acids is 2. The maximum atomic E-state index is 12.9. The number of hydrogen-bond acceptors (Lipinski definition) is 3. The maximum Gasteiger partial charge on any atom is 0.433 e. The zero-order valence-corrected chi connectivity index (χ0v) is 14.6. The van der Waals surface area contributed by atoms with Crippen molar-refractivity contribution in [2.24, 2.45) is 0 Å². The van der Waals surface area contributed by atoms with Gasteiger partial charge in [-0.25, -0.2) is 4.98 Å². The van der Waals surface area contributed by atoms with Gasteiger partial charge in [0.15, 0.2) is 0 Å². The second kappa shape index (κ2) is 7.38. The number of pyridine rings is 1. The van der Waals surface area contributed by atoms with E-state index in [1.807, 2.05) is 6.92 Å². The lowest BCUT2D eigenvalue weighted by molar-refractivity contribution is -0.141. The Morgan fingerprint density at radius 1 is 1.26 bits per heavy atom. The molecule has 0 bridgehead atoms. The summed E-state index contributed by atoms with van der Waals surface area (Å²) in [7, 11) is 0. The molecule has 0 spiro atoms. The molecule has 1 aromatic carbocycles. The Labute approximate surface area is 154 Å². The quantitative estimate of drug-likeness (QED) is 0.891. The molecule has 1 aliphatic heterocycles. The number of likely N-dealkylation sites (N-methyl/N-ethyl adjacent to an activating group) is 1. The highest BCUT2D eigenvalue weighted by Crippen LogP contribution is 2.29. The van der Waals surface area contributed by atoms with Crippen LogP contribution < -0.4 is 5.32 Å². The molecule has 1 aliphatic rings. The molecule has 5 nitrogen and oxygen atoms in total. The smallest absolute Gasteiger partial charge is 0.347 e. The van der Waals surface area contributed by atoms with Crippen LogP contribution in [0.1, 0.15) is 29.4 Å². The largest absolute Gasteiger partial charge is 0.433 e. The Balaban J connectivity index is 1.78. The molecule has 0 saturated carbocycles. The normalized spacial score (nSPS) is 17.3. The topological polar surface area (TPSA) is 62.3 Å². The molecule has 1 N–H and O–H groups in total. The number of likely N-dealkylation sites (tertiary alicyclic amines) is 1. The van der Waals surface area contributed by atoms with Gasteiger partial charge in [-0.05, 0) is 31.2 Å². The molecule has 3 rings (SSSR count). The first-order chi connectivity index (χ1) is 12.8. The van der Waals surface area contributed by atoms with Gasteiger partial charge in [-0.1, -0.05) is 18.2 Å². The molecule has 1 saturated heterocycles. The van der Waals surface area contributed by atoms with E-state index in [2.05, 4.69) is 10.3 Å². The summed E-state index contributed by atoms with van der Waals surface area (Å²) in [4.78, 5) is 29.5. The summed E-state index contributed by atoms with van der Waals surface area (Å²) < 4.78 is 38.6. The lowest BCUT2D eigenvalue weighted by Crippen LogP contribution is -2.37. The second-order valence-electron chi connectivity index (χ2n) is 6.29. The van der Waals surface area contributed by atoms with Crippen molar-refractivity contribution in [1.82, 2.24) is 15.2 Å². The number of aromatic nitrogens is 1. The molecule has 2 aromatic rings. The van der Waals surface area contributed by atoms with E-state index in [0.717, 1.165) is 6.07 Å². The highest BCUT2D eigenvalue weighted by molar-refractivity contribution is 5.96. The van der Waals surface area contributed by atoms with Crippen molar-refractivity contribution in [2.45, 2.75) is 25.6 Å². The summed E-state index contributed by atoms with van der Waals surface area (Å²) in [5.74, 6) is -0.385. The number of amides is 2. The van der Waals surface area contributed by atoms with E-state index in [1.54, 1.807) is 23.1 Å². The lowest BCUT2D eigenvalue weighted by Gasteiger charge is -2.15. The Morgan fingerprint density at radius 3 is 2.67 bits per heavy atom. The number of rotatable bonds is 4.